The van der Waals surface area contributed by atoms with E-state index in [2.05, 4.69) is 88.7 Å². The van der Waals surface area contributed by atoms with Gasteiger partial charge in [0.1, 0.15) is 18.0 Å². The molecule has 0 heterocycles. The molecule has 5 heteroatoms. The van der Waals surface area contributed by atoms with Gasteiger partial charge in [0.25, 0.3) is 0 Å². The quantitative estimate of drug-likeness (QED) is 0.0469. The molecule has 1 atom stereocenters. The van der Waals surface area contributed by atoms with Crippen molar-refractivity contribution in [3.05, 3.63) is 170 Å². The number of hydrogen-bond acceptors (Lipinski definition) is 3. The van der Waals surface area contributed by atoms with E-state index < -0.39 is 7.32 Å². The highest BCUT2D eigenvalue weighted by Gasteiger charge is 2.34. The van der Waals surface area contributed by atoms with Gasteiger partial charge in [-0.3, -0.25) is 0 Å². The Kier molecular flexibility index (Phi) is 14.1. The summed E-state index contributed by atoms with van der Waals surface area (Å²) in [5.74, 6) is 1.45. The minimum Gasteiger partial charge on any atom is -0.500 e. The molecule has 0 aliphatic carbocycles. The lowest BCUT2D eigenvalue weighted by Gasteiger charge is -2.30. The number of benzene rings is 6. The molecule has 6 rings (SSSR count). The van der Waals surface area contributed by atoms with Crippen LogP contribution in [0, 0.1) is 6.07 Å². The molecule has 0 aliphatic rings. The van der Waals surface area contributed by atoms with E-state index in [9.17, 15) is 0 Å². The maximum Gasteiger partial charge on any atom is 0.788 e. The maximum absolute atomic E-state index is 6.70. The number of nitrogens with zero attached hydrogens (tertiary/aromatic N) is 1. The summed E-state index contributed by atoms with van der Waals surface area (Å²) < 4.78 is 20.7. The van der Waals surface area contributed by atoms with Crippen molar-refractivity contribution in [2.75, 3.05) is 27.7 Å². The highest BCUT2D eigenvalue weighted by atomic mass is 16.7. The second-order valence-corrected chi connectivity index (χ2v) is 13.6. The zero-order valence-corrected chi connectivity index (χ0v) is 30.5. The topological polar surface area (TPSA) is 27.7 Å². The number of quaternary nitrogens is 1. The number of para-hydroxylation sites is 2. The Hall–Kier alpha value is -5.10. The van der Waals surface area contributed by atoms with Crippen molar-refractivity contribution in [2.45, 2.75) is 38.7 Å². The smallest absolute Gasteiger partial charge is 0.500 e. The van der Waals surface area contributed by atoms with Gasteiger partial charge in [0.05, 0.1) is 27.2 Å². The molecule has 0 saturated carbocycles. The Morgan fingerprint density at radius 1 is 0.549 bits per heavy atom. The third-order valence-electron chi connectivity index (χ3n) is 8.37. The molecule has 6 aromatic rings. The first-order valence-electron chi connectivity index (χ1n) is 18.0. The van der Waals surface area contributed by atoms with Crippen LogP contribution in [-0.2, 0) is 4.65 Å². The summed E-state index contributed by atoms with van der Waals surface area (Å²) >= 11 is 0. The van der Waals surface area contributed by atoms with E-state index in [1.807, 2.05) is 109 Å². The molecule has 0 amide bonds. The molecule has 0 saturated heterocycles. The van der Waals surface area contributed by atoms with Crippen molar-refractivity contribution in [2.24, 2.45) is 0 Å². The highest BCUT2D eigenvalue weighted by molar-refractivity contribution is 6.39. The Morgan fingerprint density at radius 3 is 1.49 bits per heavy atom. The normalized spacial score (nSPS) is 11.5. The van der Waals surface area contributed by atoms with Gasteiger partial charge in [-0.2, -0.15) is 0 Å². The van der Waals surface area contributed by atoms with Crippen molar-refractivity contribution in [1.29, 1.82) is 0 Å². The van der Waals surface area contributed by atoms with Crippen LogP contribution in [0.15, 0.2) is 164 Å². The Labute approximate surface area is 306 Å². The van der Waals surface area contributed by atoms with Crippen molar-refractivity contribution in [3.63, 3.8) is 0 Å². The average molecular weight is 676 g/mol. The predicted molar refractivity (Wildman–Crippen MR) is 213 cm³/mol. The van der Waals surface area contributed by atoms with Gasteiger partial charge in [-0.15, -0.1) is 35.9 Å². The highest BCUT2D eigenvalue weighted by Crippen LogP contribution is 2.33. The molecule has 6 aromatic carbocycles. The SMILES string of the molecule is CCCCCC(C[N+](C)(C)C)OB(Oc1ccccc1-c1ccccc1)Oc1ccccc1-c1ccccc1.[c-]1ccccc1-c1ccccc1. The van der Waals surface area contributed by atoms with Crippen molar-refractivity contribution >= 4 is 7.32 Å². The third kappa shape index (κ3) is 12.0. The van der Waals surface area contributed by atoms with Gasteiger partial charge in [0, 0.05) is 11.1 Å². The third-order valence-corrected chi connectivity index (χ3v) is 8.37. The zero-order chi connectivity index (χ0) is 35.7. The van der Waals surface area contributed by atoms with Crippen LogP contribution >= 0.6 is 0 Å². The van der Waals surface area contributed by atoms with Crippen LogP contribution < -0.4 is 9.31 Å². The first-order valence-corrected chi connectivity index (χ1v) is 18.0. The van der Waals surface area contributed by atoms with E-state index in [0.29, 0.717) is 0 Å². The summed E-state index contributed by atoms with van der Waals surface area (Å²) in [5.41, 5.74) is 6.54. The van der Waals surface area contributed by atoms with Gasteiger partial charge in [0.15, 0.2) is 0 Å². The van der Waals surface area contributed by atoms with Crippen LogP contribution in [0.3, 0.4) is 0 Å². The molecular formula is C46H50BNO3. The molecule has 0 N–H and O–H groups in total. The van der Waals surface area contributed by atoms with Gasteiger partial charge in [-0.25, -0.2) is 0 Å². The molecule has 0 spiro atoms. The van der Waals surface area contributed by atoms with E-state index in [1.54, 1.807) is 0 Å². The summed E-state index contributed by atoms with van der Waals surface area (Å²) in [5, 5.41) is 0. The zero-order valence-electron chi connectivity index (χ0n) is 30.5. The molecular weight excluding hydrogens is 625 g/mol. The predicted octanol–water partition coefficient (Wildman–Crippen LogP) is 11.3. The molecule has 51 heavy (non-hydrogen) atoms. The summed E-state index contributed by atoms with van der Waals surface area (Å²) in [6.45, 7) is 3.08. The minimum absolute atomic E-state index is 0.0191. The largest absolute Gasteiger partial charge is 0.788 e. The lowest BCUT2D eigenvalue weighted by atomic mass is 10.0. The summed E-state index contributed by atoms with van der Waals surface area (Å²) in [6, 6.07) is 58.2. The van der Waals surface area contributed by atoms with Crippen LogP contribution in [0.1, 0.15) is 32.6 Å². The Morgan fingerprint density at radius 2 is 1.02 bits per heavy atom. The van der Waals surface area contributed by atoms with Crippen molar-refractivity contribution in [3.8, 4) is 44.9 Å². The molecule has 4 nitrogen and oxygen atoms in total. The van der Waals surface area contributed by atoms with Gasteiger partial charge in [0.2, 0.25) is 0 Å². The van der Waals surface area contributed by atoms with E-state index >= 15 is 0 Å². The van der Waals surface area contributed by atoms with Gasteiger partial charge in [-0.1, -0.05) is 159 Å². The number of hydrogen-bond donors (Lipinski definition) is 0. The van der Waals surface area contributed by atoms with Gasteiger partial charge in [-0.05, 0) is 29.7 Å². The van der Waals surface area contributed by atoms with E-state index in [1.165, 1.54) is 18.4 Å². The second-order valence-electron chi connectivity index (χ2n) is 13.6. The van der Waals surface area contributed by atoms with Crippen LogP contribution in [-0.4, -0.2) is 45.6 Å². The molecule has 0 aliphatic heterocycles. The lowest BCUT2D eigenvalue weighted by molar-refractivity contribution is -0.873. The van der Waals surface area contributed by atoms with Crippen LogP contribution in [0.5, 0.6) is 11.5 Å². The molecule has 260 valence electrons. The molecule has 0 bridgehead atoms. The fourth-order valence-corrected chi connectivity index (χ4v) is 5.92. The van der Waals surface area contributed by atoms with Crippen molar-refractivity contribution in [1.82, 2.24) is 0 Å². The fourth-order valence-electron chi connectivity index (χ4n) is 5.92. The van der Waals surface area contributed by atoms with E-state index in [4.69, 9.17) is 14.0 Å². The first kappa shape index (κ1) is 37.2. The number of rotatable bonds is 15. The van der Waals surface area contributed by atoms with Gasteiger partial charge >= 0.3 is 7.32 Å². The fraction of sp³-hybridized carbons (Fsp3) is 0.217. The molecule has 0 fully saturated rings. The Bertz CT molecular complexity index is 1720. The average Bonchev–Trinajstić information content (AvgIpc) is 3.16. The first-order chi connectivity index (χ1) is 24.9. The minimum atomic E-state index is -0.919. The van der Waals surface area contributed by atoms with Gasteiger partial charge < -0.3 is 18.4 Å². The molecule has 1 unspecified atom stereocenters. The number of likely N-dealkylation sites (N-methyl/N-ethyl adjacent to an activating group) is 1. The van der Waals surface area contributed by atoms with E-state index in [-0.39, 0.29) is 6.10 Å². The molecule has 0 radical (unpaired) electrons. The molecule has 0 aromatic heterocycles. The summed E-state index contributed by atoms with van der Waals surface area (Å²) in [6.07, 6.45) is 4.39. The van der Waals surface area contributed by atoms with E-state index in [0.717, 1.165) is 63.2 Å². The second kappa shape index (κ2) is 19.3. The summed E-state index contributed by atoms with van der Waals surface area (Å²) in [4.78, 5) is 0. The van der Waals surface area contributed by atoms with Crippen molar-refractivity contribution < 1.29 is 18.4 Å². The monoisotopic (exact) mass is 675 g/mol. The Balaban J connectivity index is 0.000000351. The van der Waals surface area contributed by atoms with Crippen LogP contribution in [0.2, 0.25) is 0 Å². The lowest BCUT2D eigenvalue weighted by Crippen LogP contribution is -2.47. The van der Waals surface area contributed by atoms with Crippen LogP contribution in [0.4, 0.5) is 0 Å². The summed E-state index contributed by atoms with van der Waals surface area (Å²) in [7, 11) is 5.67. The van der Waals surface area contributed by atoms with Crippen LogP contribution in [0.25, 0.3) is 33.4 Å². The number of unbranched alkanes of at least 4 members (excludes halogenated alkanes) is 2. The standard InChI is InChI=1S/C34H41BNO3.C12H9/c1-5-6-9-22-30(27-36(2,3)4)37-35(38-33-25-16-14-23-31(33)28-18-10-7-11-19-28)39-34-26-17-15-24-32(34)29-20-12-8-13-21-29;1-3-7-11(8-4-1)12-9-5-2-6-10-12/h7-8,10-21,23-26,30H,5-6,9,22,27H2,1-4H3;1-9H/q+1;-1. The maximum atomic E-state index is 6.70.